The summed E-state index contributed by atoms with van der Waals surface area (Å²) < 4.78 is 12.1. The lowest BCUT2D eigenvalue weighted by molar-refractivity contribution is 0.111. The third-order valence-electron chi connectivity index (χ3n) is 2.76. The van der Waals surface area contributed by atoms with Crippen molar-refractivity contribution in [3.8, 4) is 22.8 Å². The topological polar surface area (TPSA) is 53.4 Å². The Balaban J connectivity index is 2.59. The number of hydrogen-bond acceptors (Lipinski definition) is 4. The summed E-state index contributed by atoms with van der Waals surface area (Å²) in [6.45, 7) is 0. The zero-order valence-electron chi connectivity index (χ0n) is 10.5. The van der Waals surface area contributed by atoms with E-state index in [4.69, 9.17) is 9.47 Å². The van der Waals surface area contributed by atoms with E-state index in [1.165, 1.54) is 0 Å². The smallest absolute Gasteiger partial charge is 0.168 e. The molecule has 0 aliphatic rings. The van der Waals surface area contributed by atoms with Crippen molar-refractivity contribution in [1.82, 2.24) is 9.55 Å². The van der Waals surface area contributed by atoms with Crippen LogP contribution >= 0.6 is 0 Å². The summed E-state index contributed by atoms with van der Waals surface area (Å²) in [5, 5.41) is 0. The maximum atomic E-state index is 11.1. The molecule has 18 heavy (non-hydrogen) atoms. The molecule has 1 aromatic heterocycles. The van der Waals surface area contributed by atoms with Crippen LogP contribution in [0.15, 0.2) is 24.5 Å². The molecule has 94 valence electrons. The number of ether oxygens (including phenoxy) is 2. The van der Waals surface area contributed by atoms with E-state index < -0.39 is 0 Å². The van der Waals surface area contributed by atoms with E-state index in [0.717, 1.165) is 11.8 Å². The molecular formula is C13H14N2O3. The van der Waals surface area contributed by atoms with Crippen LogP contribution in [0.5, 0.6) is 11.5 Å². The lowest BCUT2D eigenvalue weighted by Gasteiger charge is -2.09. The van der Waals surface area contributed by atoms with Gasteiger partial charge in [-0.15, -0.1) is 0 Å². The SMILES string of the molecule is COc1ccc(-c2ncn(C)c2C=O)c(OC)c1. The van der Waals surface area contributed by atoms with E-state index in [2.05, 4.69) is 4.98 Å². The van der Waals surface area contributed by atoms with E-state index >= 15 is 0 Å². The molecule has 1 heterocycles. The van der Waals surface area contributed by atoms with Gasteiger partial charge >= 0.3 is 0 Å². The molecule has 0 N–H and O–H groups in total. The van der Waals surface area contributed by atoms with Crippen molar-refractivity contribution >= 4 is 6.29 Å². The Bertz CT molecular complexity index is 576. The third-order valence-corrected chi connectivity index (χ3v) is 2.76. The van der Waals surface area contributed by atoms with Crippen LogP contribution in [-0.2, 0) is 7.05 Å². The maximum Gasteiger partial charge on any atom is 0.168 e. The predicted octanol–water partition coefficient (Wildman–Crippen LogP) is 1.92. The molecule has 0 bridgehead atoms. The summed E-state index contributed by atoms with van der Waals surface area (Å²) in [6, 6.07) is 5.40. The second-order valence-electron chi connectivity index (χ2n) is 3.77. The fraction of sp³-hybridized carbons (Fsp3) is 0.231. The first kappa shape index (κ1) is 12.2. The van der Waals surface area contributed by atoms with Gasteiger partial charge in [0.1, 0.15) is 22.9 Å². The normalized spacial score (nSPS) is 10.2. The van der Waals surface area contributed by atoms with E-state index in [-0.39, 0.29) is 0 Å². The number of aromatic nitrogens is 2. The van der Waals surface area contributed by atoms with Gasteiger partial charge in [0, 0.05) is 18.7 Å². The highest BCUT2D eigenvalue weighted by atomic mass is 16.5. The first-order valence-electron chi connectivity index (χ1n) is 5.40. The Labute approximate surface area is 105 Å². The van der Waals surface area contributed by atoms with Gasteiger partial charge in [-0.05, 0) is 12.1 Å². The molecule has 0 saturated carbocycles. The van der Waals surface area contributed by atoms with Crippen molar-refractivity contribution in [2.75, 3.05) is 14.2 Å². The highest BCUT2D eigenvalue weighted by molar-refractivity contribution is 5.85. The standard InChI is InChI=1S/C13H14N2O3/c1-15-8-14-13(11(15)7-16)10-5-4-9(17-2)6-12(10)18-3/h4-8H,1-3H3. The summed E-state index contributed by atoms with van der Waals surface area (Å²) >= 11 is 0. The minimum absolute atomic E-state index is 0.512. The highest BCUT2D eigenvalue weighted by Gasteiger charge is 2.15. The second-order valence-corrected chi connectivity index (χ2v) is 3.77. The van der Waals surface area contributed by atoms with Crippen molar-refractivity contribution < 1.29 is 14.3 Å². The average Bonchev–Trinajstić information content (AvgIpc) is 2.78. The molecule has 5 heteroatoms. The van der Waals surface area contributed by atoms with E-state index in [0.29, 0.717) is 22.9 Å². The van der Waals surface area contributed by atoms with Crippen molar-refractivity contribution in [2.24, 2.45) is 7.05 Å². The van der Waals surface area contributed by atoms with Crippen LogP contribution in [0.1, 0.15) is 10.5 Å². The first-order valence-corrected chi connectivity index (χ1v) is 5.40. The van der Waals surface area contributed by atoms with Gasteiger partial charge in [-0.2, -0.15) is 0 Å². The van der Waals surface area contributed by atoms with Crippen LogP contribution < -0.4 is 9.47 Å². The van der Waals surface area contributed by atoms with Crippen molar-refractivity contribution in [3.63, 3.8) is 0 Å². The van der Waals surface area contributed by atoms with Gasteiger partial charge in [0.2, 0.25) is 0 Å². The Hall–Kier alpha value is -2.30. The molecule has 0 aliphatic carbocycles. The van der Waals surface area contributed by atoms with Gasteiger partial charge < -0.3 is 14.0 Å². The van der Waals surface area contributed by atoms with Gasteiger partial charge in [0.05, 0.1) is 20.5 Å². The fourth-order valence-corrected chi connectivity index (χ4v) is 1.78. The molecule has 2 rings (SSSR count). The summed E-state index contributed by atoms with van der Waals surface area (Å²) in [6.07, 6.45) is 2.38. The number of nitrogens with zero attached hydrogens (tertiary/aromatic N) is 2. The van der Waals surface area contributed by atoms with Crippen LogP contribution in [0, 0.1) is 0 Å². The number of methoxy groups -OCH3 is 2. The molecule has 0 aliphatic heterocycles. The van der Waals surface area contributed by atoms with Crippen LogP contribution in [0.4, 0.5) is 0 Å². The molecule has 0 atom stereocenters. The summed E-state index contributed by atoms with van der Waals surface area (Å²) in [7, 11) is 4.93. The van der Waals surface area contributed by atoms with E-state index in [9.17, 15) is 4.79 Å². The molecule has 2 aromatic rings. The van der Waals surface area contributed by atoms with E-state index in [1.54, 1.807) is 44.3 Å². The highest BCUT2D eigenvalue weighted by Crippen LogP contribution is 2.33. The number of carbonyl (C=O) groups excluding carboxylic acids is 1. The minimum Gasteiger partial charge on any atom is -0.497 e. The number of benzene rings is 1. The molecule has 0 radical (unpaired) electrons. The number of aryl methyl sites for hydroxylation is 1. The number of carbonyl (C=O) groups is 1. The van der Waals surface area contributed by atoms with Crippen molar-refractivity contribution in [1.29, 1.82) is 0 Å². The lowest BCUT2D eigenvalue weighted by atomic mass is 10.1. The maximum absolute atomic E-state index is 11.1. The molecule has 0 unspecified atom stereocenters. The minimum atomic E-state index is 0.512. The van der Waals surface area contributed by atoms with Crippen LogP contribution in [0.25, 0.3) is 11.3 Å². The molecular weight excluding hydrogens is 232 g/mol. The van der Waals surface area contributed by atoms with Gasteiger partial charge in [-0.1, -0.05) is 0 Å². The second kappa shape index (κ2) is 4.91. The molecule has 0 fully saturated rings. The van der Waals surface area contributed by atoms with Gasteiger partial charge in [-0.25, -0.2) is 4.98 Å². The van der Waals surface area contributed by atoms with Crippen LogP contribution in [0.2, 0.25) is 0 Å². The Kier molecular flexibility index (Phi) is 3.32. The summed E-state index contributed by atoms with van der Waals surface area (Å²) in [5.41, 5.74) is 1.88. The molecule has 1 aromatic carbocycles. The summed E-state index contributed by atoms with van der Waals surface area (Å²) in [5.74, 6) is 1.32. The fourth-order valence-electron chi connectivity index (χ4n) is 1.78. The Morgan fingerprint density at radius 1 is 1.28 bits per heavy atom. The zero-order chi connectivity index (χ0) is 13.1. The van der Waals surface area contributed by atoms with Crippen molar-refractivity contribution in [2.45, 2.75) is 0 Å². The number of aldehydes is 1. The summed E-state index contributed by atoms with van der Waals surface area (Å²) in [4.78, 5) is 15.3. The van der Waals surface area contributed by atoms with Gasteiger partial charge in [0.15, 0.2) is 6.29 Å². The van der Waals surface area contributed by atoms with Crippen LogP contribution in [0.3, 0.4) is 0 Å². The van der Waals surface area contributed by atoms with Crippen molar-refractivity contribution in [3.05, 3.63) is 30.2 Å². The largest absolute Gasteiger partial charge is 0.497 e. The Morgan fingerprint density at radius 3 is 2.67 bits per heavy atom. The molecule has 5 nitrogen and oxygen atoms in total. The zero-order valence-corrected chi connectivity index (χ0v) is 10.5. The van der Waals surface area contributed by atoms with Gasteiger partial charge in [0.25, 0.3) is 0 Å². The molecule has 0 spiro atoms. The monoisotopic (exact) mass is 246 g/mol. The number of imidazole rings is 1. The van der Waals surface area contributed by atoms with E-state index in [1.807, 2.05) is 6.07 Å². The average molecular weight is 246 g/mol. The first-order chi connectivity index (χ1) is 8.71. The lowest BCUT2D eigenvalue weighted by Crippen LogP contribution is -1.96. The van der Waals surface area contributed by atoms with Gasteiger partial charge in [-0.3, -0.25) is 4.79 Å². The molecule has 0 saturated heterocycles. The van der Waals surface area contributed by atoms with Crippen LogP contribution in [-0.4, -0.2) is 30.1 Å². The predicted molar refractivity (Wildman–Crippen MR) is 67.1 cm³/mol. The quantitative estimate of drug-likeness (QED) is 0.773. The number of hydrogen-bond donors (Lipinski definition) is 0. The Morgan fingerprint density at radius 2 is 2.06 bits per heavy atom. The number of rotatable bonds is 4. The third kappa shape index (κ3) is 1.95. The molecule has 0 amide bonds.